The standard InChI is InChI=1S/C16H25NO2/c1-11(2)13-5-4-12(3)15(8-13)19-10-16(18,9-17)14-6-7-14/h4-5,8,11,14,18H,6-7,9-10,17H2,1-3H3. The van der Waals surface area contributed by atoms with Crippen LogP contribution in [0.3, 0.4) is 0 Å². The first-order valence-electron chi connectivity index (χ1n) is 7.12. The Morgan fingerprint density at radius 2 is 2.11 bits per heavy atom. The zero-order chi connectivity index (χ0) is 14.0. The number of benzene rings is 1. The molecule has 1 fully saturated rings. The van der Waals surface area contributed by atoms with Crippen molar-refractivity contribution >= 4 is 0 Å². The van der Waals surface area contributed by atoms with Crippen molar-refractivity contribution < 1.29 is 9.84 Å². The Labute approximate surface area is 115 Å². The molecule has 3 heteroatoms. The Bertz CT molecular complexity index is 440. The van der Waals surface area contributed by atoms with Gasteiger partial charge in [0.2, 0.25) is 0 Å². The summed E-state index contributed by atoms with van der Waals surface area (Å²) < 4.78 is 5.85. The van der Waals surface area contributed by atoms with Gasteiger partial charge >= 0.3 is 0 Å². The Morgan fingerprint density at radius 1 is 1.42 bits per heavy atom. The van der Waals surface area contributed by atoms with Gasteiger partial charge in [-0.05, 0) is 48.8 Å². The van der Waals surface area contributed by atoms with E-state index >= 15 is 0 Å². The molecular formula is C16H25NO2. The van der Waals surface area contributed by atoms with Gasteiger partial charge in [-0.25, -0.2) is 0 Å². The van der Waals surface area contributed by atoms with Crippen molar-refractivity contribution in [3.05, 3.63) is 29.3 Å². The maximum atomic E-state index is 10.4. The number of nitrogens with two attached hydrogens (primary N) is 1. The Morgan fingerprint density at radius 3 is 2.63 bits per heavy atom. The van der Waals surface area contributed by atoms with E-state index in [1.165, 1.54) is 5.56 Å². The lowest BCUT2D eigenvalue weighted by Crippen LogP contribution is -2.45. The third kappa shape index (κ3) is 3.28. The fraction of sp³-hybridized carbons (Fsp3) is 0.625. The summed E-state index contributed by atoms with van der Waals surface area (Å²) in [6.07, 6.45) is 2.12. The van der Waals surface area contributed by atoms with Gasteiger partial charge in [-0.1, -0.05) is 26.0 Å². The largest absolute Gasteiger partial charge is 0.490 e. The summed E-state index contributed by atoms with van der Waals surface area (Å²) in [6, 6.07) is 6.27. The van der Waals surface area contributed by atoms with Crippen molar-refractivity contribution in [3.8, 4) is 5.75 Å². The maximum absolute atomic E-state index is 10.4. The monoisotopic (exact) mass is 263 g/mol. The second-order valence-corrected chi connectivity index (χ2v) is 6.05. The molecule has 0 bridgehead atoms. The summed E-state index contributed by atoms with van der Waals surface area (Å²) in [7, 11) is 0. The highest BCUT2D eigenvalue weighted by Gasteiger charge is 2.43. The van der Waals surface area contributed by atoms with Gasteiger partial charge in [-0.15, -0.1) is 0 Å². The number of hydrogen-bond acceptors (Lipinski definition) is 3. The molecule has 1 aliphatic rings. The topological polar surface area (TPSA) is 55.5 Å². The fourth-order valence-electron chi connectivity index (χ4n) is 2.30. The van der Waals surface area contributed by atoms with E-state index in [0.29, 0.717) is 11.8 Å². The Hall–Kier alpha value is -1.06. The molecule has 3 nitrogen and oxygen atoms in total. The number of hydrogen-bond donors (Lipinski definition) is 2. The molecule has 1 aromatic carbocycles. The summed E-state index contributed by atoms with van der Waals surface area (Å²) >= 11 is 0. The van der Waals surface area contributed by atoms with Gasteiger partial charge in [-0.3, -0.25) is 0 Å². The first-order chi connectivity index (χ1) is 8.96. The third-order valence-corrected chi connectivity index (χ3v) is 4.05. The van der Waals surface area contributed by atoms with Crippen LogP contribution in [0, 0.1) is 12.8 Å². The molecule has 0 radical (unpaired) electrons. The van der Waals surface area contributed by atoms with Crippen molar-refractivity contribution in [2.45, 2.75) is 45.1 Å². The van der Waals surface area contributed by atoms with E-state index in [-0.39, 0.29) is 13.2 Å². The van der Waals surface area contributed by atoms with Crippen LogP contribution in [0.4, 0.5) is 0 Å². The molecule has 19 heavy (non-hydrogen) atoms. The maximum Gasteiger partial charge on any atom is 0.122 e. The predicted octanol–water partition coefficient (Wildman–Crippen LogP) is 2.60. The molecule has 0 aromatic heterocycles. The molecule has 1 atom stereocenters. The highest BCUT2D eigenvalue weighted by atomic mass is 16.5. The van der Waals surface area contributed by atoms with E-state index in [2.05, 4.69) is 32.0 Å². The van der Waals surface area contributed by atoms with Crippen molar-refractivity contribution in [1.82, 2.24) is 0 Å². The van der Waals surface area contributed by atoms with Crippen LogP contribution in [-0.2, 0) is 0 Å². The van der Waals surface area contributed by atoms with Gasteiger partial charge in [0.15, 0.2) is 0 Å². The molecule has 1 saturated carbocycles. The number of aryl methyl sites for hydroxylation is 1. The normalized spacial score (nSPS) is 18.4. The fourth-order valence-corrected chi connectivity index (χ4v) is 2.30. The zero-order valence-electron chi connectivity index (χ0n) is 12.1. The third-order valence-electron chi connectivity index (χ3n) is 4.05. The number of ether oxygens (including phenoxy) is 1. The van der Waals surface area contributed by atoms with Gasteiger partial charge in [0.25, 0.3) is 0 Å². The quantitative estimate of drug-likeness (QED) is 0.829. The van der Waals surface area contributed by atoms with Crippen molar-refractivity contribution in [1.29, 1.82) is 0 Å². The van der Waals surface area contributed by atoms with E-state index in [1.807, 2.05) is 6.92 Å². The van der Waals surface area contributed by atoms with Crippen LogP contribution < -0.4 is 10.5 Å². The van der Waals surface area contributed by atoms with Crippen LogP contribution in [0.1, 0.15) is 43.7 Å². The summed E-state index contributed by atoms with van der Waals surface area (Å²) in [4.78, 5) is 0. The molecule has 1 aliphatic carbocycles. The summed E-state index contributed by atoms with van der Waals surface area (Å²) in [5.41, 5.74) is 7.19. The van der Waals surface area contributed by atoms with Crippen molar-refractivity contribution in [2.24, 2.45) is 11.7 Å². The Balaban J connectivity index is 2.08. The first kappa shape index (κ1) is 14.4. The highest BCUT2D eigenvalue weighted by molar-refractivity contribution is 5.37. The van der Waals surface area contributed by atoms with Crippen molar-refractivity contribution in [2.75, 3.05) is 13.2 Å². The van der Waals surface area contributed by atoms with E-state index < -0.39 is 5.60 Å². The van der Waals surface area contributed by atoms with Gasteiger partial charge < -0.3 is 15.6 Å². The molecule has 106 valence electrons. The average Bonchev–Trinajstić information content (AvgIpc) is 3.21. The zero-order valence-corrected chi connectivity index (χ0v) is 12.1. The lowest BCUT2D eigenvalue weighted by Gasteiger charge is -2.27. The number of aliphatic hydroxyl groups is 1. The van der Waals surface area contributed by atoms with Crippen molar-refractivity contribution in [3.63, 3.8) is 0 Å². The van der Waals surface area contributed by atoms with Gasteiger partial charge in [0, 0.05) is 6.54 Å². The van der Waals surface area contributed by atoms with Crippen LogP contribution in [0.5, 0.6) is 5.75 Å². The molecule has 0 heterocycles. The minimum atomic E-state index is -0.861. The van der Waals surface area contributed by atoms with Gasteiger partial charge in [0.1, 0.15) is 18.0 Å². The second-order valence-electron chi connectivity index (χ2n) is 6.05. The molecule has 0 amide bonds. The lowest BCUT2D eigenvalue weighted by atomic mass is 9.99. The van der Waals surface area contributed by atoms with Crippen LogP contribution in [-0.4, -0.2) is 23.9 Å². The predicted molar refractivity (Wildman–Crippen MR) is 77.5 cm³/mol. The van der Waals surface area contributed by atoms with Crippen LogP contribution in [0.2, 0.25) is 0 Å². The summed E-state index contributed by atoms with van der Waals surface area (Å²) in [6.45, 7) is 6.90. The molecule has 0 aliphatic heterocycles. The molecule has 1 aromatic rings. The summed E-state index contributed by atoms with van der Waals surface area (Å²) in [5, 5.41) is 10.4. The molecule has 3 N–H and O–H groups in total. The van der Waals surface area contributed by atoms with E-state index in [9.17, 15) is 5.11 Å². The van der Waals surface area contributed by atoms with Crippen LogP contribution >= 0.6 is 0 Å². The molecular weight excluding hydrogens is 238 g/mol. The van der Waals surface area contributed by atoms with Crippen LogP contribution in [0.15, 0.2) is 18.2 Å². The van der Waals surface area contributed by atoms with Crippen LogP contribution in [0.25, 0.3) is 0 Å². The lowest BCUT2D eigenvalue weighted by molar-refractivity contribution is -0.0164. The van der Waals surface area contributed by atoms with Gasteiger partial charge in [-0.2, -0.15) is 0 Å². The Kier molecular flexibility index (Phi) is 4.16. The van der Waals surface area contributed by atoms with E-state index in [4.69, 9.17) is 10.5 Å². The smallest absolute Gasteiger partial charge is 0.122 e. The SMILES string of the molecule is Cc1ccc(C(C)C)cc1OCC(O)(CN)C1CC1. The van der Waals surface area contributed by atoms with Gasteiger partial charge in [0.05, 0.1) is 0 Å². The minimum Gasteiger partial charge on any atom is -0.490 e. The first-order valence-corrected chi connectivity index (χ1v) is 7.12. The van der Waals surface area contributed by atoms with E-state index in [0.717, 1.165) is 24.2 Å². The average molecular weight is 263 g/mol. The highest BCUT2D eigenvalue weighted by Crippen LogP contribution is 2.39. The molecule has 1 unspecified atom stereocenters. The molecule has 0 saturated heterocycles. The number of rotatable bonds is 6. The molecule has 2 rings (SSSR count). The minimum absolute atomic E-state index is 0.264. The summed E-state index contributed by atoms with van der Waals surface area (Å²) in [5.74, 6) is 1.64. The molecule has 0 spiro atoms. The second kappa shape index (κ2) is 5.51. The van der Waals surface area contributed by atoms with E-state index in [1.54, 1.807) is 0 Å².